The quantitative estimate of drug-likeness (QED) is 0.370. The van der Waals surface area contributed by atoms with E-state index in [9.17, 15) is 19.2 Å². The molecule has 3 aromatic carbocycles. The molecule has 2 atom stereocenters. The number of carbonyl (C=O) groups excluding carboxylic acids is 4. The van der Waals surface area contributed by atoms with Gasteiger partial charge in [-0.3, -0.25) is 24.1 Å². The molecule has 37 heavy (non-hydrogen) atoms. The minimum atomic E-state index is -0.368. The Kier molecular flexibility index (Phi) is 6.44. The van der Waals surface area contributed by atoms with E-state index < -0.39 is 0 Å². The van der Waals surface area contributed by atoms with Crippen LogP contribution in [0.25, 0.3) is 0 Å². The Bertz CT molecular complexity index is 1420. The summed E-state index contributed by atoms with van der Waals surface area (Å²) in [6.45, 7) is 3.94. The van der Waals surface area contributed by atoms with Crippen LogP contribution in [0.5, 0.6) is 0 Å². The molecule has 1 aliphatic carbocycles. The molecule has 2 aliphatic rings. The molecule has 5 rings (SSSR count). The third-order valence-electron chi connectivity index (χ3n) is 6.90. The van der Waals surface area contributed by atoms with Crippen LogP contribution in [0.1, 0.15) is 46.0 Å². The summed E-state index contributed by atoms with van der Waals surface area (Å²) in [6, 6.07) is 20.6. The van der Waals surface area contributed by atoms with Crippen molar-refractivity contribution in [3.05, 3.63) is 101 Å². The third-order valence-corrected chi connectivity index (χ3v) is 6.90. The second-order valence-corrected chi connectivity index (χ2v) is 9.62. The van der Waals surface area contributed by atoms with Gasteiger partial charge in [0.25, 0.3) is 11.8 Å². The van der Waals surface area contributed by atoms with Gasteiger partial charge in [0.15, 0.2) is 0 Å². The second kappa shape index (κ2) is 9.85. The Morgan fingerprint density at radius 1 is 0.757 bits per heavy atom. The Hall–Kier alpha value is -4.52. The molecule has 186 valence electrons. The second-order valence-electron chi connectivity index (χ2n) is 9.62. The molecule has 3 aromatic rings. The van der Waals surface area contributed by atoms with Crippen molar-refractivity contribution in [2.45, 2.75) is 26.7 Å². The standard InChI is InChI=1S/C30H27N3O4/c1-18-6-9-20(10-7-18)27(34)31-22-11-13-23(14-12-22)32-28(35)21-4-3-5-24(17-21)33-29(36)25-15-8-19(2)16-26(25)30(33)37/h3-14,17,25-26H,15-16H2,1-2H3,(H,31,34)(H,32,35)/t25-,26+/m0/s1. The van der Waals surface area contributed by atoms with Gasteiger partial charge in [-0.05, 0) is 81.3 Å². The topological polar surface area (TPSA) is 95.6 Å². The first-order valence-corrected chi connectivity index (χ1v) is 12.2. The minimum absolute atomic E-state index is 0.205. The lowest BCUT2D eigenvalue weighted by molar-refractivity contribution is -0.122. The van der Waals surface area contributed by atoms with Gasteiger partial charge in [0.1, 0.15) is 0 Å². The van der Waals surface area contributed by atoms with Crippen molar-refractivity contribution in [2.75, 3.05) is 15.5 Å². The molecule has 1 aliphatic heterocycles. The largest absolute Gasteiger partial charge is 0.322 e. The minimum Gasteiger partial charge on any atom is -0.322 e. The average Bonchev–Trinajstić information content (AvgIpc) is 3.14. The maximum absolute atomic E-state index is 13.0. The fourth-order valence-corrected chi connectivity index (χ4v) is 4.83. The Balaban J connectivity index is 1.25. The molecule has 2 N–H and O–H groups in total. The number of nitrogens with zero attached hydrogens (tertiary/aromatic N) is 1. The summed E-state index contributed by atoms with van der Waals surface area (Å²) in [5, 5.41) is 5.66. The molecule has 0 aromatic heterocycles. The highest BCUT2D eigenvalue weighted by atomic mass is 16.2. The lowest BCUT2D eigenvalue weighted by atomic mass is 9.82. The molecular weight excluding hydrogens is 466 g/mol. The van der Waals surface area contributed by atoms with Gasteiger partial charge in [-0.25, -0.2) is 0 Å². The Morgan fingerprint density at radius 2 is 1.35 bits per heavy atom. The number of rotatable bonds is 5. The van der Waals surface area contributed by atoms with Gasteiger partial charge in [-0.15, -0.1) is 0 Å². The van der Waals surface area contributed by atoms with Crippen LogP contribution in [0.15, 0.2) is 84.4 Å². The number of fused-ring (bicyclic) bond motifs is 1. The lowest BCUT2D eigenvalue weighted by Gasteiger charge is -2.18. The predicted molar refractivity (Wildman–Crippen MR) is 142 cm³/mol. The van der Waals surface area contributed by atoms with Gasteiger partial charge in [0.05, 0.1) is 17.5 Å². The zero-order valence-corrected chi connectivity index (χ0v) is 20.7. The first-order valence-electron chi connectivity index (χ1n) is 12.2. The maximum atomic E-state index is 13.0. The molecule has 0 radical (unpaired) electrons. The van der Waals surface area contributed by atoms with E-state index in [4.69, 9.17) is 0 Å². The first kappa shape index (κ1) is 24.2. The first-order chi connectivity index (χ1) is 17.8. The molecule has 1 heterocycles. The van der Waals surface area contributed by atoms with E-state index in [2.05, 4.69) is 10.6 Å². The van der Waals surface area contributed by atoms with E-state index in [0.717, 1.165) is 11.1 Å². The highest BCUT2D eigenvalue weighted by molar-refractivity contribution is 6.22. The summed E-state index contributed by atoms with van der Waals surface area (Å²) in [6.07, 6.45) is 3.19. The van der Waals surface area contributed by atoms with Crippen LogP contribution in [0, 0.1) is 18.8 Å². The van der Waals surface area contributed by atoms with Gasteiger partial charge in [-0.1, -0.05) is 35.4 Å². The van der Waals surface area contributed by atoms with Crippen LogP contribution in [0.4, 0.5) is 17.1 Å². The number of amides is 4. The molecule has 1 fully saturated rings. The SMILES string of the molecule is CC1=CC[C@@H]2C(=O)N(c3cccc(C(=O)Nc4ccc(NC(=O)c5ccc(C)cc5)cc4)c3)C(=O)[C@@H]2C1. The number of aryl methyl sites for hydroxylation is 1. The van der Waals surface area contributed by atoms with Crippen LogP contribution in [-0.4, -0.2) is 23.6 Å². The molecule has 0 spiro atoms. The number of nitrogens with one attached hydrogen (secondary N) is 2. The van der Waals surface area contributed by atoms with E-state index >= 15 is 0 Å². The van der Waals surface area contributed by atoms with Gasteiger partial charge in [-0.2, -0.15) is 0 Å². The fourth-order valence-electron chi connectivity index (χ4n) is 4.83. The summed E-state index contributed by atoms with van der Waals surface area (Å²) < 4.78 is 0. The lowest BCUT2D eigenvalue weighted by Crippen LogP contribution is -2.31. The number of anilines is 3. The number of allylic oxidation sites excluding steroid dienone is 2. The highest BCUT2D eigenvalue weighted by Crippen LogP contribution is 2.39. The van der Waals surface area contributed by atoms with Gasteiger partial charge < -0.3 is 10.6 Å². The highest BCUT2D eigenvalue weighted by Gasteiger charge is 2.48. The predicted octanol–water partition coefficient (Wildman–Crippen LogP) is 5.35. The molecule has 1 saturated heterocycles. The zero-order valence-electron chi connectivity index (χ0n) is 20.7. The molecule has 7 heteroatoms. The van der Waals surface area contributed by atoms with Crippen molar-refractivity contribution < 1.29 is 19.2 Å². The summed E-state index contributed by atoms with van der Waals surface area (Å²) in [5.41, 5.74) is 4.64. The van der Waals surface area contributed by atoms with Crippen LogP contribution in [0.2, 0.25) is 0 Å². The van der Waals surface area contributed by atoms with Crippen molar-refractivity contribution in [2.24, 2.45) is 11.8 Å². The van der Waals surface area contributed by atoms with Crippen LogP contribution in [0.3, 0.4) is 0 Å². The maximum Gasteiger partial charge on any atom is 0.255 e. The van der Waals surface area contributed by atoms with Gasteiger partial charge in [0.2, 0.25) is 11.8 Å². The summed E-state index contributed by atoms with van der Waals surface area (Å²) in [4.78, 5) is 52.6. The van der Waals surface area contributed by atoms with Gasteiger partial charge in [0, 0.05) is 22.5 Å². The van der Waals surface area contributed by atoms with Crippen LogP contribution < -0.4 is 15.5 Å². The van der Waals surface area contributed by atoms with Crippen molar-refractivity contribution in [3.63, 3.8) is 0 Å². The van der Waals surface area contributed by atoms with E-state index in [1.807, 2.05) is 32.1 Å². The molecule has 0 bridgehead atoms. The van der Waals surface area contributed by atoms with E-state index in [0.29, 0.717) is 41.0 Å². The normalized spacial score (nSPS) is 18.8. The molecular formula is C30H27N3O4. The van der Waals surface area contributed by atoms with E-state index in [-0.39, 0.29) is 35.5 Å². The van der Waals surface area contributed by atoms with Crippen LogP contribution >= 0.6 is 0 Å². The summed E-state index contributed by atoms with van der Waals surface area (Å²) >= 11 is 0. The summed E-state index contributed by atoms with van der Waals surface area (Å²) in [7, 11) is 0. The zero-order chi connectivity index (χ0) is 26.1. The van der Waals surface area contributed by atoms with Gasteiger partial charge >= 0.3 is 0 Å². The molecule has 4 amide bonds. The number of hydrogen-bond donors (Lipinski definition) is 2. The number of imide groups is 1. The third kappa shape index (κ3) is 4.93. The van der Waals surface area contributed by atoms with E-state index in [1.54, 1.807) is 60.7 Å². The monoisotopic (exact) mass is 493 g/mol. The Labute approximate surface area is 215 Å². The molecule has 0 saturated carbocycles. The van der Waals surface area contributed by atoms with Crippen molar-refractivity contribution >= 4 is 40.7 Å². The van der Waals surface area contributed by atoms with Crippen molar-refractivity contribution in [3.8, 4) is 0 Å². The summed E-state index contributed by atoms with van der Waals surface area (Å²) in [5.74, 6) is -1.67. The number of hydrogen-bond acceptors (Lipinski definition) is 4. The van der Waals surface area contributed by atoms with Crippen molar-refractivity contribution in [1.29, 1.82) is 0 Å². The smallest absolute Gasteiger partial charge is 0.255 e. The number of benzene rings is 3. The fraction of sp³-hybridized carbons (Fsp3) is 0.200. The molecule has 0 unspecified atom stereocenters. The van der Waals surface area contributed by atoms with Crippen LogP contribution in [-0.2, 0) is 9.59 Å². The number of carbonyl (C=O) groups is 4. The van der Waals surface area contributed by atoms with E-state index in [1.165, 1.54) is 4.90 Å². The Morgan fingerprint density at radius 3 is 2.00 bits per heavy atom. The van der Waals surface area contributed by atoms with Crippen molar-refractivity contribution in [1.82, 2.24) is 0 Å². The average molecular weight is 494 g/mol. The molecule has 7 nitrogen and oxygen atoms in total.